The van der Waals surface area contributed by atoms with Gasteiger partial charge < -0.3 is 5.32 Å². The van der Waals surface area contributed by atoms with Crippen molar-refractivity contribution in [3.63, 3.8) is 0 Å². The summed E-state index contributed by atoms with van der Waals surface area (Å²) in [6, 6.07) is 3.91. The fourth-order valence-corrected chi connectivity index (χ4v) is 4.07. The van der Waals surface area contributed by atoms with Crippen molar-refractivity contribution in [3.8, 4) is 0 Å². The second-order valence-electron chi connectivity index (χ2n) is 5.39. The maximum atomic E-state index is 12.9. The van der Waals surface area contributed by atoms with Crippen molar-refractivity contribution >= 4 is 15.9 Å². The minimum Gasteiger partial charge on any atom is -0.353 e. The van der Waals surface area contributed by atoms with Crippen molar-refractivity contribution in [2.45, 2.75) is 43.7 Å². The lowest BCUT2D eigenvalue weighted by molar-refractivity contribution is -0.124. The molecule has 0 saturated carbocycles. The molecule has 0 bridgehead atoms. The van der Waals surface area contributed by atoms with E-state index in [1.165, 1.54) is 16.4 Å². The molecule has 7 heteroatoms. The summed E-state index contributed by atoms with van der Waals surface area (Å²) in [6.45, 7) is 3.95. The number of nitrogens with one attached hydrogen (secondary N) is 1. The van der Waals surface area contributed by atoms with Crippen molar-refractivity contribution in [1.82, 2.24) is 9.62 Å². The molecule has 2 rings (SSSR count). The van der Waals surface area contributed by atoms with Crippen LogP contribution in [0, 0.1) is 5.82 Å². The van der Waals surface area contributed by atoms with Gasteiger partial charge in [0.05, 0.1) is 4.90 Å². The van der Waals surface area contributed by atoms with Crippen LogP contribution in [0.3, 0.4) is 0 Å². The molecule has 0 radical (unpaired) electrons. The lowest BCUT2D eigenvalue weighted by Gasteiger charge is -2.24. The molecule has 1 heterocycles. The van der Waals surface area contributed by atoms with E-state index in [0.29, 0.717) is 19.4 Å². The molecular formula is C14H19FN2O3S. The van der Waals surface area contributed by atoms with Crippen molar-refractivity contribution < 1.29 is 17.6 Å². The van der Waals surface area contributed by atoms with Gasteiger partial charge in [0, 0.05) is 12.6 Å². The Balaban J connectivity index is 2.26. The highest BCUT2D eigenvalue weighted by Crippen LogP contribution is 2.26. The number of carbonyl (C=O) groups is 1. The first-order chi connectivity index (χ1) is 9.82. The van der Waals surface area contributed by atoms with E-state index in [0.717, 1.165) is 12.1 Å². The van der Waals surface area contributed by atoms with Crippen LogP contribution in [-0.2, 0) is 14.8 Å². The van der Waals surface area contributed by atoms with Gasteiger partial charge in [-0.1, -0.05) is 0 Å². The molecule has 1 saturated heterocycles. The highest BCUT2D eigenvalue weighted by Gasteiger charge is 2.39. The zero-order valence-corrected chi connectivity index (χ0v) is 12.9. The fourth-order valence-electron chi connectivity index (χ4n) is 2.41. The standard InChI is InChI=1S/C14H19FN2O3S/c1-10(2)16-14(18)13-4-3-9-17(13)21(19,20)12-7-5-11(15)6-8-12/h5-8,10,13H,3-4,9H2,1-2H3,(H,16,18)/t13-/m0/s1. The first-order valence-corrected chi connectivity index (χ1v) is 8.34. The quantitative estimate of drug-likeness (QED) is 0.916. The maximum absolute atomic E-state index is 12.9. The molecule has 5 nitrogen and oxygen atoms in total. The highest BCUT2D eigenvalue weighted by molar-refractivity contribution is 7.89. The molecule has 1 aliphatic rings. The average molecular weight is 314 g/mol. The Morgan fingerprint density at radius 3 is 2.52 bits per heavy atom. The smallest absolute Gasteiger partial charge is 0.243 e. The van der Waals surface area contributed by atoms with E-state index < -0.39 is 21.9 Å². The minimum absolute atomic E-state index is 0.00754. The molecular weight excluding hydrogens is 295 g/mol. The van der Waals surface area contributed by atoms with Crippen LogP contribution in [0.25, 0.3) is 0 Å². The van der Waals surface area contributed by atoms with Crippen LogP contribution in [0.1, 0.15) is 26.7 Å². The third-order valence-electron chi connectivity index (χ3n) is 3.36. The monoisotopic (exact) mass is 314 g/mol. The number of hydrogen-bond donors (Lipinski definition) is 1. The average Bonchev–Trinajstić information content (AvgIpc) is 2.88. The number of hydrogen-bond acceptors (Lipinski definition) is 3. The summed E-state index contributed by atoms with van der Waals surface area (Å²) >= 11 is 0. The molecule has 0 spiro atoms. The number of halogens is 1. The molecule has 0 aromatic heterocycles. The van der Waals surface area contributed by atoms with Crippen molar-refractivity contribution in [2.24, 2.45) is 0 Å². The van der Waals surface area contributed by atoms with Gasteiger partial charge in [0.2, 0.25) is 15.9 Å². The van der Waals surface area contributed by atoms with Crippen LogP contribution in [0.2, 0.25) is 0 Å². The number of nitrogens with zero attached hydrogens (tertiary/aromatic N) is 1. The normalized spacial score (nSPS) is 19.9. The van der Waals surface area contributed by atoms with Gasteiger partial charge in [-0.05, 0) is 51.0 Å². The van der Waals surface area contributed by atoms with Gasteiger partial charge in [-0.25, -0.2) is 12.8 Å². The van der Waals surface area contributed by atoms with Gasteiger partial charge in [0.25, 0.3) is 0 Å². The maximum Gasteiger partial charge on any atom is 0.243 e. The van der Waals surface area contributed by atoms with Gasteiger partial charge in [0.15, 0.2) is 0 Å². The molecule has 116 valence electrons. The lowest BCUT2D eigenvalue weighted by atomic mass is 10.2. The summed E-state index contributed by atoms with van der Waals surface area (Å²) in [5.74, 6) is -0.780. The van der Waals surface area contributed by atoms with E-state index in [1.807, 2.05) is 13.8 Å². The Labute approximate surface area is 124 Å². The Hall–Kier alpha value is -1.47. The van der Waals surface area contributed by atoms with Crippen molar-refractivity contribution in [1.29, 1.82) is 0 Å². The molecule has 1 fully saturated rings. The van der Waals surface area contributed by atoms with E-state index in [9.17, 15) is 17.6 Å². The molecule has 1 N–H and O–H groups in total. The summed E-state index contributed by atoms with van der Waals surface area (Å²) < 4.78 is 39.3. The second kappa shape index (κ2) is 6.11. The van der Waals surface area contributed by atoms with E-state index in [4.69, 9.17) is 0 Å². The second-order valence-corrected chi connectivity index (χ2v) is 7.28. The predicted octanol–water partition coefficient (Wildman–Crippen LogP) is 1.50. The van der Waals surface area contributed by atoms with E-state index in [-0.39, 0.29) is 16.8 Å². The third-order valence-corrected chi connectivity index (χ3v) is 5.28. The minimum atomic E-state index is -3.78. The van der Waals surface area contributed by atoms with Crippen LogP contribution < -0.4 is 5.32 Å². The topological polar surface area (TPSA) is 66.5 Å². The predicted molar refractivity (Wildman–Crippen MR) is 76.6 cm³/mol. The number of benzene rings is 1. The molecule has 1 aromatic rings. The van der Waals surface area contributed by atoms with Gasteiger partial charge >= 0.3 is 0 Å². The van der Waals surface area contributed by atoms with Crippen LogP contribution >= 0.6 is 0 Å². The molecule has 1 aliphatic heterocycles. The molecule has 1 amide bonds. The van der Waals surface area contributed by atoms with Crippen LogP contribution in [0.15, 0.2) is 29.2 Å². The molecule has 21 heavy (non-hydrogen) atoms. The SMILES string of the molecule is CC(C)NC(=O)[C@@H]1CCCN1S(=O)(=O)c1ccc(F)cc1. The third kappa shape index (κ3) is 3.41. The first-order valence-electron chi connectivity index (χ1n) is 6.90. The number of sulfonamides is 1. The summed E-state index contributed by atoms with van der Waals surface area (Å²) in [7, 11) is -3.78. The Kier molecular flexibility index (Phi) is 4.63. The van der Waals surface area contributed by atoms with E-state index in [2.05, 4.69) is 5.32 Å². The van der Waals surface area contributed by atoms with Gasteiger partial charge in [0.1, 0.15) is 11.9 Å². The Bertz CT molecular complexity index is 614. The molecule has 1 aromatic carbocycles. The largest absolute Gasteiger partial charge is 0.353 e. The summed E-state index contributed by atoms with van der Waals surface area (Å²) in [4.78, 5) is 12.1. The molecule has 1 atom stereocenters. The first kappa shape index (κ1) is 15.9. The Morgan fingerprint density at radius 1 is 1.33 bits per heavy atom. The number of amides is 1. The molecule has 0 aliphatic carbocycles. The zero-order valence-electron chi connectivity index (χ0n) is 12.0. The van der Waals surface area contributed by atoms with Gasteiger partial charge in [-0.15, -0.1) is 0 Å². The van der Waals surface area contributed by atoms with E-state index >= 15 is 0 Å². The Morgan fingerprint density at radius 2 is 1.95 bits per heavy atom. The van der Waals surface area contributed by atoms with Crippen LogP contribution in [0.5, 0.6) is 0 Å². The van der Waals surface area contributed by atoms with Crippen molar-refractivity contribution in [2.75, 3.05) is 6.54 Å². The number of rotatable bonds is 4. The van der Waals surface area contributed by atoms with Crippen LogP contribution in [-0.4, -0.2) is 37.3 Å². The highest BCUT2D eigenvalue weighted by atomic mass is 32.2. The fraction of sp³-hybridized carbons (Fsp3) is 0.500. The van der Waals surface area contributed by atoms with Gasteiger partial charge in [-0.2, -0.15) is 4.31 Å². The zero-order chi connectivity index (χ0) is 15.6. The van der Waals surface area contributed by atoms with Gasteiger partial charge in [-0.3, -0.25) is 4.79 Å². The van der Waals surface area contributed by atoms with E-state index in [1.54, 1.807) is 0 Å². The molecule has 0 unspecified atom stereocenters. The summed E-state index contributed by atoms with van der Waals surface area (Å²) in [6.07, 6.45) is 1.13. The summed E-state index contributed by atoms with van der Waals surface area (Å²) in [5.41, 5.74) is 0. The van der Waals surface area contributed by atoms with Crippen LogP contribution in [0.4, 0.5) is 4.39 Å². The lowest BCUT2D eigenvalue weighted by Crippen LogP contribution is -2.47. The number of carbonyl (C=O) groups excluding carboxylic acids is 1. The summed E-state index contributed by atoms with van der Waals surface area (Å²) in [5, 5.41) is 2.74. The van der Waals surface area contributed by atoms with Crippen molar-refractivity contribution in [3.05, 3.63) is 30.1 Å².